The van der Waals surface area contributed by atoms with Crippen molar-refractivity contribution in [2.24, 2.45) is 5.92 Å². The van der Waals surface area contributed by atoms with Gasteiger partial charge in [-0.2, -0.15) is 0 Å². The average molecular weight is 333 g/mol. The SMILES string of the molecule is COc1ccccc1CCN1CC(C(=O)NCCN(C)C)CC1=O. The van der Waals surface area contributed by atoms with Gasteiger partial charge < -0.3 is 19.9 Å². The van der Waals surface area contributed by atoms with Crippen molar-refractivity contribution in [2.75, 3.05) is 47.4 Å². The summed E-state index contributed by atoms with van der Waals surface area (Å²) >= 11 is 0. The molecule has 6 heteroatoms. The second kappa shape index (κ2) is 8.68. The van der Waals surface area contributed by atoms with Crippen LogP contribution in [0.2, 0.25) is 0 Å². The third-order valence-corrected chi connectivity index (χ3v) is 4.29. The number of hydrogen-bond acceptors (Lipinski definition) is 4. The van der Waals surface area contributed by atoms with Crippen molar-refractivity contribution in [3.8, 4) is 5.75 Å². The largest absolute Gasteiger partial charge is 0.496 e. The number of carbonyl (C=O) groups is 2. The molecule has 1 N–H and O–H groups in total. The van der Waals surface area contributed by atoms with Crippen LogP contribution in [0.1, 0.15) is 12.0 Å². The van der Waals surface area contributed by atoms with Gasteiger partial charge >= 0.3 is 0 Å². The van der Waals surface area contributed by atoms with E-state index in [9.17, 15) is 9.59 Å². The van der Waals surface area contributed by atoms with E-state index in [0.717, 1.165) is 24.3 Å². The molecule has 1 heterocycles. The van der Waals surface area contributed by atoms with Gasteiger partial charge in [0.15, 0.2) is 0 Å². The van der Waals surface area contributed by atoms with Crippen molar-refractivity contribution in [1.82, 2.24) is 15.1 Å². The number of benzene rings is 1. The predicted octanol–water partition coefficient (Wildman–Crippen LogP) is 0.764. The Hall–Kier alpha value is -2.08. The van der Waals surface area contributed by atoms with Crippen LogP contribution in [0.5, 0.6) is 5.75 Å². The summed E-state index contributed by atoms with van der Waals surface area (Å²) in [4.78, 5) is 28.1. The normalized spacial score (nSPS) is 17.4. The minimum atomic E-state index is -0.239. The Bertz CT molecular complexity index is 574. The first kappa shape index (κ1) is 18.3. The van der Waals surface area contributed by atoms with Crippen molar-refractivity contribution >= 4 is 11.8 Å². The number of likely N-dealkylation sites (N-methyl/N-ethyl adjacent to an activating group) is 1. The lowest BCUT2D eigenvalue weighted by Crippen LogP contribution is -2.37. The molecule has 0 spiro atoms. The number of hydrogen-bond donors (Lipinski definition) is 1. The molecule has 1 aliphatic heterocycles. The van der Waals surface area contributed by atoms with E-state index in [1.54, 1.807) is 12.0 Å². The number of para-hydroxylation sites is 1. The second-order valence-electron chi connectivity index (χ2n) is 6.40. The lowest BCUT2D eigenvalue weighted by molar-refractivity contribution is -0.129. The maximum absolute atomic E-state index is 12.2. The summed E-state index contributed by atoms with van der Waals surface area (Å²) in [6.07, 6.45) is 1.03. The number of methoxy groups -OCH3 is 1. The highest BCUT2D eigenvalue weighted by Crippen LogP contribution is 2.21. The van der Waals surface area contributed by atoms with E-state index in [-0.39, 0.29) is 17.7 Å². The molecule has 0 aromatic heterocycles. The molecule has 1 saturated heterocycles. The Morgan fingerprint density at radius 1 is 1.38 bits per heavy atom. The monoisotopic (exact) mass is 333 g/mol. The van der Waals surface area contributed by atoms with Crippen LogP contribution in [-0.2, 0) is 16.0 Å². The number of nitrogens with one attached hydrogen (secondary N) is 1. The summed E-state index contributed by atoms with van der Waals surface area (Å²) in [5.74, 6) is 0.627. The van der Waals surface area contributed by atoms with E-state index in [1.807, 2.05) is 43.3 Å². The molecule has 1 atom stereocenters. The van der Waals surface area contributed by atoms with Crippen LogP contribution in [0.3, 0.4) is 0 Å². The third-order valence-electron chi connectivity index (χ3n) is 4.29. The minimum absolute atomic E-state index is 0.0232. The van der Waals surface area contributed by atoms with Crippen LogP contribution in [0.15, 0.2) is 24.3 Å². The molecule has 2 amide bonds. The average Bonchev–Trinajstić information content (AvgIpc) is 2.94. The highest BCUT2D eigenvalue weighted by Gasteiger charge is 2.33. The molecule has 0 aliphatic carbocycles. The summed E-state index contributed by atoms with van der Waals surface area (Å²) in [6, 6.07) is 7.81. The highest BCUT2D eigenvalue weighted by atomic mass is 16.5. The van der Waals surface area contributed by atoms with Crippen LogP contribution in [0.4, 0.5) is 0 Å². The van der Waals surface area contributed by atoms with Crippen LogP contribution in [0.25, 0.3) is 0 Å². The van der Waals surface area contributed by atoms with Crippen molar-refractivity contribution in [2.45, 2.75) is 12.8 Å². The zero-order valence-corrected chi connectivity index (χ0v) is 14.7. The molecular weight excluding hydrogens is 306 g/mol. The fourth-order valence-corrected chi connectivity index (χ4v) is 2.88. The topological polar surface area (TPSA) is 61.9 Å². The van der Waals surface area contributed by atoms with Crippen LogP contribution in [-0.4, -0.2) is 69.0 Å². The fourth-order valence-electron chi connectivity index (χ4n) is 2.88. The van der Waals surface area contributed by atoms with Gasteiger partial charge in [-0.15, -0.1) is 0 Å². The molecule has 1 fully saturated rings. The Kier molecular flexibility index (Phi) is 6.61. The second-order valence-corrected chi connectivity index (χ2v) is 6.40. The van der Waals surface area contributed by atoms with E-state index in [0.29, 0.717) is 26.1 Å². The molecule has 2 rings (SSSR count). The summed E-state index contributed by atoms with van der Waals surface area (Å²) in [6.45, 7) is 2.52. The zero-order valence-electron chi connectivity index (χ0n) is 14.7. The first-order valence-corrected chi connectivity index (χ1v) is 8.33. The Balaban J connectivity index is 1.83. The van der Waals surface area contributed by atoms with Crippen LogP contribution >= 0.6 is 0 Å². The Labute approximate surface area is 143 Å². The van der Waals surface area contributed by atoms with E-state index in [4.69, 9.17) is 4.74 Å². The van der Waals surface area contributed by atoms with E-state index in [1.165, 1.54) is 0 Å². The standard InChI is InChI=1S/C18H27N3O3/c1-20(2)11-9-19-18(23)15-12-17(22)21(13-15)10-8-14-6-4-5-7-16(14)24-3/h4-7,15H,8-13H2,1-3H3,(H,19,23). The molecular formula is C18H27N3O3. The van der Waals surface area contributed by atoms with Crippen molar-refractivity contribution in [3.05, 3.63) is 29.8 Å². The molecule has 1 aromatic carbocycles. The van der Waals surface area contributed by atoms with Gasteiger partial charge in [-0.25, -0.2) is 0 Å². The predicted molar refractivity (Wildman–Crippen MR) is 92.9 cm³/mol. The summed E-state index contributed by atoms with van der Waals surface area (Å²) in [7, 11) is 5.57. The quantitative estimate of drug-likeness (QED) is 0.763. The molecule has 1 aromatic rings. The van der Waals surface area contributed by atoms with Gasteiger partial charge in [-0.3, -0.25) is 9.59 Å². The van der Waals surface area contributed by atoms with Crippen LogP contribution in [0, 0.1) is 5.92 Å². The number of amides is 2. The molecule has 1 aliphatic rings. The summed E-state index contributed by atoms with van der Waals surface area (Å²) in [5, 5.41) is 2.91. The molecule has 0 radical (unpaired) electrons. The van der Waals surface area contributed by atoms with Gasteiger partial charge in [-0.05, 0) is 32.1 Å². The summed E-state index contributed by atoms with van der Waals surface area (Å²) < 4.78 is 5.34. The maximum atomic E-state index is 12.2. The summed E-state index contributed by atoms with van der Waals surface area (Å²) in [5.41, 5.74) is 1.08. The third kappa shape index (κ3) is 4.96. The lowest BCUT2D eigenvalue weighted by Gasteiger charge is -2.18. The van der Waals surface area contributed by atoms with E-state index in [2.05, 4.69) is 5.32 Å². The van der Waals surface area contributed by atoms with Gasteiger partial charge in [-0.1, -0.05) is 18.2 Å². The Morgan fingerprint density at radius 3 is 2.83 bits per heavy atom. The molecule has 0 saturated carbocycles. The van der Waals surface area contributed by atoms with Crippen molar-refractivity contribution < 1.29 is 14.3 Å². The highest BCUT2D eigenvalue weighted by molar-refractivity contribution is 5.89. The number of nitrogens with zero attached hydrogens (tertiary/aromatic N) is 2. The number of carbonyl (C=O) groups excluding carboxylic acids is 2. The van der Waals surface area contributed by atoms with Crippen LogP contribution < -0.4 is 10.1 Å². The number of likely N-dealkylation sites (tertiary alicyclic amines) is 1. The lowest BCUT2D eigenvalue weighted by atomic mass is 10.1. The maximum Gasteiger partial charge on any atom is 0.225 e. The van der Waals surface area contributed by atoms with Crippen molar-refractivity contribution in [3.63, 3.8) is 0 Å². The van der Waals surface area contributed by atoms with Gasteiger partial charge in [0.2, 0.25) is 11.8 Å². The minimum Gasteiger partial charge on any atom is -0.496 e. The van der Waals surface area contributed by atoms with Gasteiger partial charge in [0.1, 0.15) is 5.75 Å². The molecule has 6 nitrogen and oxygen atoms in total. The number of ether oxygens (including phenoxy) is 1. The smallest absolute Gasteiger partial charge is 0.225 e. The first-order valence-electron chi connectivity index (χ1n) is 8.33. The van der Waals surface area contributed by atoms with E-state index >= 15 is 0 Å². The molecule has 0 bridgehead atoms. The van der Waals surface area contributed by atoms with E-state index < -0.39 is 0 Å². The van der Waals surface area contributed by atoms with Gasteiger partial charge in [0, 0.05) is 32.6 Å². The molecule has 1 unspecified atom stereocenters. The van der Waals surface area contributed by atoms with Crippen molar-refractivity contribution in [1.29, 1.82) is 0 Å². The first-order chi connectivity index (χ1) is 11.5. The fraction of sp³-hybridized carbons (Fsp3) is 0.556. The zero-order chi connectivity index (χ0) is 17.5. The Morgan fingerprint density at radius 2 is 2.12 bits per heavy atom. The molecule has 24 heavy (non-hydrogen) atoms. The van der Waals surface area contributed by atoms with Gasteiger partial charge in [0.05, 0.1) is 13.0 Å². The number of rotatable bonds is 8. The molecule has 132 valence electrons. The van der Waals surface area contributed by atoms with Gasteiger partial charge in [0.25, 0.3) is 0 Å².